The molecule has 2 atom stereocenters. The number of furan rings is 1. The third-order valence-electron chi connectivity index (χ3n) is 4.89. The van der Waals surface area contributed by atoms with Crippen LogP contribution in [-0.4, -0.2) is 23.0 Å². The van der Waals surface area contributed by atoms with Crippen LogP contribution in [-0.2, 0) is 13.1 Å². The van der Waals surface area contributed by atoms with Crippen LogP contribution in [0.25, 0.3) is 0 Å². The second-order valence-corrected chi connectivity index (χ2v) is 6.88. The Balaban J connectivity index is 1.50. The summed E-state index contributed by atoms with van der Waals surface area (Å²) < 4.78 is 18.8. The summed E-state index contributed by atoms with van der Waals surface area (Å²) in [5, 5.41) is 0. The van der Waals surface area contributed by atoms with E-state index < -0.39 is 0 Å². The van der Waals surface area contributed by atoms with Crippen molar-refractivity contribution in [2.75, 3.05) is 13.1 Å². The van der Waals surface area contributed by atoms with Crippen molar-refractivity contribution in [2.45, 2.75) is 19.1 Å². The molecular formula is C21H23FN4O. The van der Waals surface area contributed by atoms with Crippen molar-refractivity contribution in [1.29, 1.82) is 0 Å². The van der Waals surface area contributed by atoms with E-state index in [1.165, 1.54) is 12.1 Å². The molecule has 3 aromatic rings. The smallest absolute Gasteiger partial charge is 0.123 e. The van der Waals surface area contributed by atoms with Gasteiger partial charge in [0.15, 0.2) is 0 Å². The molecule has 2 aromatic heterocycles. The van der Waals surface area contributed by atoms with Crippen LogP contribution in [0.1, 0.15) is 23.1 Å². The topological polar surface area (TPSA) is 53.3 Å². The van der Waals surface area contributed by atoms with E-state index in [4.69, 9.17) is 4.42 Å². The molecule has 1 saturated heterocycles. The highest BCUT2D eigenvalue weighted by Gasteiger charge is 2.30. The summed E-state index contributed by atoms with van der Waals surface area (Å²) in [4.78, 5) is 6.81. The molecule has 2 unspecified atom stereocenters. The van der Waals surface area contributed by atoms with E-state index in [0.29, 0.717) is 5.92 Å². The van der Waals surface area contributed by atoms with Gasteiger partial charge in [-0.05, 0) is 42.0 Å². The van der Waals surface area contributed by atoms with Crippen LogP contribution in [0, 0.1) is 11.7 Å². The molecule has 6 heteroatoms. The lowest BCUT2D eigenvalue weighted by Crippen LogP contribution is -2.32. The maximum atomic E-state index is 13.3. The zero-order chi connectivity index (χ0) is 18.5. The number of nitrogens with one attached hydrogen (secondary N) is 2. The Morgan fingerprint density at radius 3 is 2.70 bits per heavy atom. The SMILES string of the molecule is Fc1ccc(C2NNCC2CN(Cc2ccccn2)Cc2ccco2)cc1. The number of nitrogens with zero attached hydrogens (tertiary/aromatic N) is 2. The van der Waals surface area contributed by atoms with Crippen molar-refractivity contribution in [2.24, 2.45) is 5.92 Å². The quantitative estimate of drug-likeness (QED) is 0.672. The van der Waals surface area contributed by atoms with Crippen molar-refractivity contribution in [1.82, 2.24) is 20.7 Å². The number of pyridine rings is 1. The van der Waals surface area contributed by atoms with E-state index in [2.05, 4.69) is 20.7 Å². The largest absolute Gasteiger partial charge is 0.468 e. The third kappa shape index (κ3) is 4.60. The van der Waals surface area contributed by atoms with Gasteiger partial charge in [0.25, 0.3) is 0 Å². The maximum Gasteiger partial charge on any atom is 0.123 e. The summed E-state index contributed by atoms with van der Waals surface area (Å²) in [6.45, 7) is 3.17. The monoisotopic (exact) mass is 366 g/mol. The average Bonchev–Trinajstić information content (AvgIpc) is 3.35. The van der Waals surface area contributed by atoms with Gasteiger partial charge in [-0.15, -0.1) is 0 Å². The van der Waals surface area contributed by atoms with Gasteiger partial charge in [0.05, 0.1) is 24.5 Å². The van der Waals surface area contributed by atoms with Crippen LogP contribution in [0.4, 0.5) is 4.39 Å². The zero-order valence-electron chi connectivity index (χ0n) is 15.0. The first-order valence-corrected chi connectivity index (χ1v) is 9.16. The summed E-state index contributed by atoms with van der Waals surface area (Å²) in [6, 6.07) is 16.7. The second-order valence-electron chi connectivity index (χ2n) is 6.88. The molecule has 1 fully saturated rings. The molecule has 0 saturated carbocycles. The molecule has 0 aliphatic carbocycles. The molecule has 27 heavy (non-hydrogen) atoms. The molecular weight excluding hydrogens is 343 g/mol. The Bertz CT molecular complexity index is 823. The summed E-state index contributed by atoms with van der Waals surface area (Å²) >= 11 is 0. The Hall–Kier alpha value is -2.54. The molecule has 1 aliphatic rings. The third-order valence-corrected chi connectivity index (χ3v) is 4.89. The number of hydrazine groups is 1. The Morgan fingerprint density at radius 2 is 1.96 bits per heavy atom. The number of benzene rings is 1. The van der Waals surface area contributed by atoms with E-state index in [9.17, 15) is 4.39 Å². The lowest BCUT2D eigenvalue weighted by Gasteiger charge is -2.27. The van der Waals surface area contributed by atoms with Gasteiger partial charge in [-0.25, -0.2) is 9.82 Å². The number of hydrogen-bond acceptors (Lipinski definition) is 5. The number of aromatic nitrogens is 1. The molecule has 0 amide bonds. The predicted molar refractivity (Wildman–Crippen MR) is 101 cm³/mol. The van der Waals surface area contributed by atoms with E-state index in [0.717, 1.165) is 43.2 Å². The summed E-state index contributed by atoms with van der Waals surface area (Å²) in [5.41, 5.74) is 8.70. The van der Waals surface area contributed by atoms with Crippen LogP contribution < -0.4 is 10.9 Å². The fourth-order valence-corrected chi connectivity index (χ4v) is 3.59. The van der Waals surface area contributed by atoms with Crippen molar-refractivity contribution in [3.8, 4) is 0 Å². The van der Waals surface area contributed by atoms with Gasteiger partial charge in [0.1, 0.15) is 11.6 Å². The van der Waals surface area contributed by atoms with Gasteiger partial charge in [-0.3, -0.25) is 15.3 Å². The van der Waals surface area contributed by atoms with Crippen LogP contribution in [0.2, 0.25) is 0 Å². The fraction of sp³-hybridized carbons (Fsp3) is 0.286. The summed E-state index contributed by atoms with van der Waals surface area (Å²) in [6.07, 6.45) is 3.52. The van der Waals surface area contributed by atoms with Gasteiger partial charge < -0.3 is 4.42 Å². The number of rotatable bonds is 7. The molecule has 1 aliphatic heterocycles. The highest BCUT2D eigenvalue weighted by Crippen LogP contribution is 2.27. The zero-order valence-corrected chi connectivity index (χ0v) is 15.0. The molecule has 0 spiro atoms. The highest BCUT2D eigenvalue weighted by molar-refractivity contribution is 5.21. The van der Waals surface area contributed by atoms with Gasteiger partial charge >= 0.3 is 0 Å². The van der Waals surface area contributed by atoms with Crippen LogP contribution in [0.5, 0.6) is 0 Å². The van der Waals surface area contributed by atoms with Crippen molar-refractivity contribution >= 4 is 0 Å². The molecule has 2 N–H and O–H groups in total. The molecule has 3 heterocycles. The van der Waals surface area contributed by atoms with E-state index in [1.807, 2.05) is 48.7 Å². The van der Waals surface area contributed by atoms with Gasteiger partial charge in [-0.1, -0.05) is 18.2 Å². The normalized spacial score (nSPS) is 19.6. The molecule has 0 bridgehead atoms. The Labute approximate surface area is 158 Å². The predicted octanol–water partition coefficient (Wildman–Crippen LogP) is 3.28. The summed E-state index contributed by atoms with van der Waals surface area (Å²) in [7, 11) is 0. The first kappa shape index (κ1) is 17.9. The van der Waals surface area contributed by atoms with Crippen LogP contribution >= 0.6 is 0 Å². The summed E-state index contributed by atoms with van der Waals surface area (Å²) in [5.74, 6) is 1.06. The Morgan fingerprint density at radius 1 is 1.07 bits per heavy atom. The van der Waals surface area contributed by atoms with Crippen molar-refractivity contribution in [3.63, 3.8) is 0 Å². The molecule has 4 rings (SSSR count). The highest BCUT2D eigenvalue weighted by atomic mass is 19.1. The molecule has 140 valence electrons. The lowest BCUT2D eigenvalue weighted by atomic mass is 9.94. The van der Waals surface area contributed by atoms with Crippen LogP contribution in [0.15, 0.2) is 71.5 Å². The van der Waals surface area contributed by atoms with Crippen LogP contribution in [0.3, 0.4) is 0 Å². The fourth-order valence-electron chi connectivity index (χ4n) is 3.59. The standard InChI is InChI=1S/C21H23FN4O/c22-18-8-6-16(7-9-18)21-17(12-24-25-21)13-26(15-20-5-3-11-27-20)14-19-4-1-2-10-23-19/h1-11,17,21,24-25H,12-15H2. The maximum absolute atomic E-state index is 13.3. The minimum atomic E-state index is -0.212. The van der Waals surface area contributed by atoms with Gasteiger partial charge in [0.2, 0.25) is 0 Å². The number of halogens is 1. The first-order valence-electron chi connectivity index (χ1n) is 9.16. The van der Waals surface area contributed by atoms with Crippen molar-refractivity contribution < 1.29 is 8.81 Å². The minimum absolute atomic E-state index is 0.133. The average molecular weight is 366 g/mol. The van der Waals surface area contributed by atoms with E-state index in [-0.39, 0.29) is 11.9 Å². The Kier molecular flexibility index (Phi) is 5.58. The van der Waals surface area contributed by atoms with E-state index in [1.54, 1.807) is 6.26 Å². The molecule has 5 nitrogen and oxygen atoms in total. The van der Waals surface area contributed by atoms with Gasteiger partial charge in [0, 0.05) is 31.7 Å². The minimum Gasteiger partial charge on any atom is -0.468 e. The number of hydrogen-bond donors (Lipinski definition) is 2. The van der Waals surface area contributed by atoms with Crippen molar-refractivity contribution in [3.05, 3.63) is 89.9 Å². The van der Waals surface area contributed by atoms with Gasteiger partial charge in [-0.2, -0.15) is 0 Å². The first-order chi connectivity index (χ1) is 13.3. The second kappa shape index (κ2) is 8.43. The molecule has 1 aromatic carbocycles. The lowest BCUT2D eigenvalue weighted by molar-refractivity contribution is 0.193. The molecule has 0 radical (unpaired) electrons. The van der Waals surface area contributed by atoms with E-state index >= 15 is 0 Å².